The van der Waals surface area contributed by atoms with E-state index in [2.05, 4.69) is 15.2 Å². The highest BCUT2D eigenvalue weighted by Crippen LogP contribution is 2.35. The first-order chi connectivity index (χ1) is 12.8. The molecule has 146 valence electrons. The number of anilines is 1. The Morgan fingerprint density at radius 1 is 1.37 bits per heavy atom. The first kappa shape index (κ1) is 19.6. The molecule has 5 nitrogen and oxygen atoms in total. The number of nitrogens with one attached hydrogen (secondary N) is 1. The molecule has 1 aliphatic rings. The van der Waals surface area contributed by atoms with Gasteiger partial charge in [0.05, 0.1) is 12.1 Å². The fourth-order valence-electron chi connectivity index (χ4n) is 3.19. The Balaban J connectivity index is 1.57. The van der Waals surface area contributed by atoms with Crippen molar-refractivity contribution in [3.05, 3.63) is 46.5 Å². The van der Waals surface area contributed by atoms with E-state index in [0.717, 1.165) is 36.7 Å². The third-order valence-corrected chi connectivity index (χ3v) is 5.53. The van der Waals surface area contributed by atoms with Gasteiger partial charge in [-0.05, 0) is 30.5 Å². The lowest BCUT2D eigenvalue weighted by atomic mass is 9.97. The third-order valence-electron chi connectivity index (χ3n) is 4.53. The summed E-state index contributed by atoms with van der Waals surface area (Å²) < 4.78 is 37.9. The standard InChI is InChI=1S/C18H21F3N4OS/c19-18(20,21)15-9-24-17(27-15)23-8-12-3-1-4-13(7-12)10-25-6-2-5-14(11-25)16(22)26/h1,3-4,7,9,14H,2,5-6,8,10-11H2,(H2,22,26)(H,23,24). The van der Waals surface area contributed by atoms with Crippen molar-refractivity contribution in [2.45, 2.75) is 32.1 Å². The van der Waals surface area contributed by atoms with Crippen molar-refractivity contribution in [3.63, 3.8) is 0 Å². The van der Waals surface area contributed by atoms with E-state index in [0.29, 0.717) is 31.0 Å². The Kier molecular flexibility index (Phi) is 6.01. The Morgan fingerprint density at radius 2 is 2.15 bits per heavy atom. The van der Waals surface area contributed by atoms with Gasteiger partial charge >= 0.3 is 6.18 Å². The van der Waals surface area contributed by atoms with Crippen molar-refractivity contribution in [3.8, 4) is 0 Å². The van der Waals surface area contributed by atoms with Crippen molar-refractivity contribution in [1.29, 1.82) is 0 Å². The number of carbonyl (C=O) groups is 1. The lowest BCUT2D eigenvalue weighted by Crippen LogP contribution is -2.40. The molecule has 1 aliphatic heterocycles. The van der Waals surface area contributed by atoms with Crippen LogP contribution in [0.1, 0.15) is 28.8 Å². The van der Waals surface area contributed by atoms with Crippen LogP contribution in [-0.2, 0) is 24.1 Å². The molecular weight excluding hydrogens is 377 g/mol. The molecule has 0 radical (unpaired) electrons. The molecule has 1 aromatic heterocycles. The summed E-state index contributed by atoms with van der Waals surface area (Å²) in [6.07, 6.45) is -1.74. The summed E-state index contributed by atoms with van der Waals surface area (Å²) in [6, 6.07) is 7.85. The molecule has 0 spiro atoms. The highest BCUT2D eigenvalue weighted by molar-refractivity contribution is 7.15. The van der Waals surface area contributed by atoms with Gasteiger partial charge in [0.2, 0.25) is 5.91 Å². The van der Waals surface area contributed by atoms with Gasteiger partial charge in [0.1, 0.15) is 4.88 Å². The average Bonchev–Trinajstić information content (AvgIpc) is 3.10. The van der Waals surface area contributed by atoms with E-state index in [1.165, 1.54) is 0 Å². The quantitative estimate of drug-likeness (QED) is 0.782. The number of hydrogen-bond donors (Lipinski definition) is 2. The van der Waals surface area contributed by atoms with E-state index < -0.39 is 11.1 Å². The minimum atomic E-state index is -4.37. The van der Waals surface area contributed by atoms with Gasteiger partial charge in [0.15, 0.2) is 5.13 Å². The molecule has 0 aliphatic carbocycles. The summed E-state index contributed by atoms with van der Waals surface area (Å²) in [5, 5.41) is 3.18. The maximum atomic E-state index is 12.6. The van der Waals surface area contributed by atoms with E-state index in [9.17, 15) is 18.0 Å². The molecule has 1 unspecified atom stereocenters. The zero-order valence-corrected chi connectivity index (χ0v) is 15.4. The molecule has 1 atom stereocenters. The molecule has 27 heavy (non-hydrogen) atoms. The van der Waals surface area contributed by atoms with Crippen LogP contribution in [0, 0.1) is 5.92 Å². The van der Waals surface area contributed by atoms with Gasteiger partial charge in [-0.15, -0.1) is 0 Å². The van der Waals surface area contributed by atoms with Gasteiger partial charge in [0, 0.05) is 19.6 Å². The molecule has 1 aromatic carbocycles. The lowest BCUT2D eigenvalue weighted by molar-refractivity contribution is -0.134. The number of carbonyl (C=O) groups excluding carboxylic acids is 1. The molecule has 9 heteroatoms. The van der Waals surface area contributed by atoms with Crippen LogP contribution in [0.25, 0.3) is 0 Å². The largest absolute Gasteiger partial charge is 0.427 e. The number of likely N-dealkylation sites (tertiary alicyclic amines) is 1. The van der Waals surface area contributed by atoms with Crippen LogP contribution < -0.4 is 11.1 Å². The van der Waals surface area contributed by atoms with E-state index in [1.54, 1.807) is 0 Å². The normalized spacial score (nSPS) is 18.4. The second kappa shape index (κ2) is 8.26. The molecule has 1 amide bonds. The number of amides is 1. The minimum absolute atomic E-state index is 0.101. The van der Waals surface area contributed by atoms with Crippen molar-refractivity contribution in [2.24, 2.45) is 11.7 Å². The summed E-state index contributed by atoms with van der Waals surface area (Å²) in [4.78, 5) is 16.7. The summed E-state index contributed by atoms with van der Waals surface area (Å²) in [5.41, 5.74) is 7.47. The second-order valence-electron chi connectivity index (χ2n) is 6.68. The molecular formula is C18H21F3N4OS. The summed E-state index contributed by atoms with van der Waals surface area (Å²) in [5.74, 6) is -0.351. The van der Waals surface area contributed by atoms with Crippen molar-refractivity contribution < 1.29 is 18.0 Å². The second-order valence-corrected chi connectivity index (χ2v) is 7.71. The van der Waals surface area contributed by atoms with Crippen LogP contribution in [0.2, 0.25) is 0 Å². The Morgan fingerprint density at radius 3 is 2.85 bits per heavy atom. The number of aromatic nitrogens is 1. The third kappa shape index (κ3) is 5.43. The van der Waals surface area contributed by atoms with Crippen LogP contribution in [0.3, 0.4) is 0 Å². The van der Waals surface area contributed by atoms with Crippen LogP contribution in [0.15, 0.2) is 30.5 Å². The Hall–Kier alpha value is -2.13. The summed E-state index contributed by atoms with van der Waals surface area (Å²) in [7, 11) is 0. The van der Waals surface area contributed by atoms with Gasteiger partial charge in [-0.3, -0.25) is 9.69 Å². The molecule has 2 aromatic rings. The number of rotatable bonds is 6. The number of halogens is 3. The number of primary amides is 1. The lowest BCUT2D eigenvalue weighted by Gasteiger charge is -2.31. The summed E-state index contributed by atoms with van der Waals surface area (Å²) in [6.45, 7) is 2.69. The molecule has 1 fully saturated rings. The zero-order chi connectivity index (χ0) is 19.4. The minimum Gasteiger partial charge on any atom is -0.369 e. The number of piperidine rings is 1. The molecule has 3 rings (SSSR count). The number of hydrogen-bond acceptors (Lipinski definition) is 5. The monoisotopic (exact) mass is 398 g/mol. The van der Waals surface area contributed by atoms with Crippen LogP contribution in [0.5, 0.6) is 0 Å². The van der Waals surface area contributed by atoms with Crippen LogP contribution >= 0.6 is 11.3 Å². The smallest absolute Gasteiger partial charge is 0.369 e. The van der Waals surface area contributed by atoms with Gasteiger partial charge < -0.3 is 11.1 Å². The first-order valence-corrected chi connectivity index (χ1v) is 9.49. The highest BCUT2D eigenvalue weighted by atomic mass is 32.1. The topological polar surface area (TPSA) is 71.2 Å². The van der Waals surface area contributed by atoms with Gasteiger partial charge in [-0.2, -0.15) is 13.2 Å². The molecule has 2 heterocycles. The molecule has 3 N–H and O–H groups in total. The van der Waals surface area contributed by atoms with Gasteiger partial charge in [-0.25, -0.2) is 4.98 Å². The summed E-state index contributed by atoms with van der Waals surface area (Å²) >= 11 is 0.595. The SMILES string of the molecule is NC(=O)C1CCCN(Cc2cccc(CNc3ncc(C(F)(F)F)s3)c2)C1. The Labute approximate surface area is 159 Å². The van der Waals surface area contributed by atoms with Gasteiger partial charge in [0.25, 0.3) is 0 Å². The molecule has 0 bridgehead atoms. The maximum Gasteiger partial charge on any atom is 0.427 e. The van der Waals surface area contributed by atoms with Crippen molar-refractivity contribution >= 4 is 22.4 Å². The first-order valence-electron chi connectivity index (χ1n) is 8.67. The van der Waals surface area contributed by atoms with Crippen molar-refractivity contribution in [2.75, 3.05) is 18.4 Å². The fraction of sp³-hybridized carbons (Fsp3) is 0.444. The maximum absolute atomic E-state index is 12.6. The van der Waals surface area contributed by atoms with Gasteiger partial charge in [-0.1, -0.05) is 35.6 Å². The highest BCUT2D eigenvalue weighted by Gasteiger charge is 2.33. The number of alkyl halides is 3. The Bertz CT molecular complexity index is 793. The zero-order valence-electron chi connectivity index (χ0n) is 14.6. The van der Waals surface area contributed by atoms with E-state index in [1.807, 2.05) is 24.3 Å². The number of nitrogens with two attached hydrogens (primary N) is 1. The number of benzene rings is 1. The number of nitrogens with zero attached hydrogens (tertiary/aromatic N) is 2. The molecule has 0 saturated carbocycles. The number of thiazole rings is 1. The van der Waals surface area contributed by atoms with E-state index >= 15 is 0 Å². The molecule has 1 saturated heterocycles. The predicted octanol–water partition coefficient (Wildman–Crippen LogP) is 3.47. The van der Waals surface area contributed by atoms with Crippen LogP contribution in [0.4, 0.5) is 18.3 Å². The van der Waals surface area contributed by atoms with Crippen LogP contribution in [-0.4, -0.2) is 28.9 Å². The van der Waals surface area contributed by atoms with Crippen molar-refractivity contribution in [1.82, 2.24) is 9.88 Å². The van der Waals surface area contributed by atoms with E-state index in [-0.39, 0.29) is 17.0 Å². The van der Waals surface area contributed by atoms with E-state index in [4.69, 9.17) is 5.73 Å². The predicted molar refractivity (Wildman–Crippen MR) is 98.1 cm³/mol. The fourth-order valence-corrected chi connectivity index (χ4v) is 3.87. The average molecular weight is 398 g/mol.